The van der Waals surface area contributed by atoms with Crippen LogP contribution in [-0.4, -0.2) is 16.1 Å². The number of carbonyl (C=O) groups is 1. The van der Waals surface area contributed by atoms with Gasteiger partial charge in [-0.3, -0.25) is 0 Å². The van der Waals surface area contributed by atoms with Gasteiger partial charge in [0.2, 0.25) is 0 Å². The van der Waals surface area contributed by atoms with Crippen molar-refractivity contribution in [3.63, 3.8) is 0 Å². The average Bonchev–Trinajstić information content (AvgIpc) is 2.61. The summed E-state index contributed by atoms with van der Waals surface area (Å²) in [4.78, 5) is 15.5. The Morgan fingerprint density at radius 1 is 1.44 bits per heavy atom. The van der Waals surface area contributed by atoms with E-state index in [-0.39, 0.29) is 0 Å². The second-order valence-electron chi connectivity index (χ2n) is 3.39. The van der Waals surface area contributed by atoms with Crippen LogP contribution in [0, 0.1) is 0 Å². The number of carboxylic acid groups (broad SMARTS) is 1. The number of hydrogen-bond donors (Lipinski definition) is 2. The van der Waals surface area contributed by atoms with Crippen LogP contribution in [-0.2, 0) is 4.79 Å². The second-order valence-corrected chi connectivity index (χ2v) is 4.68. The van der Waals surface area contributed by atoms with Crippen LogP contribution in [0.25, 0.3) is 10.9 Å². The highest BCUT2D eigenvalue weighted by Gasteiger charge is 2.04. The number of aliphatic carboxylic acids is 1. The Morgan fingerprint density at radius 3 is 2.94 bits per heavy atom. The number of rotatable bonds is 3. The van der Waals surface area contributed by atoms with Crippen molar-refractivity contribution in [3.8, 4) is 0 Å². The molecule has 0 atom stereocenters. The zero-order valence-electron chi connectivity index (χ0n) is 8.73. The first-order chi connectivity index (χ1) is 7.66. The van der Waals surface area contributed by atoms with Crippen molar-refractivity contribution in [2.24, 2.45) is 0 Å². The van der Waals surface area contributed by atoms with Crippen LogP contribution >= 0.6 is 11.8 Å². The Kier molecular flexibility index (Phi) is 3.01. The van der Waals surface area contributed by atoms with E-state index in [1.54, 1.807) is 6.92 Å². The lowest BCUT2D eigenvalue weighted by Gasteiger charge is -1.98. The summed E-state index contributed by atoms with van der Waals surface area (Å²) in [5.41, 5.74) is 1.06. The van der Waals surface area contributed by atoms with Gasteiger partial charge in [-0.05, 0) is 17.9 Å². The standard InChI is InChI=1S/C12H11NO2S/c1-8(6-12(14)15)16-11-7-13-10-5-3-2-4-9(10)11/h2-7,13H,1H3,(H,14,15). The number of allylic oxidation sites excluding steroid dienone is 1. The minimum Gasteiger partial charge on any atom is -0.478 e. The molecule has 0 saturated heterocycles. The number of nitrogens with one attached hydrogen (secondary N) is 1. The summed E-state index contributed by atoms with van der Waals surface area (Å²) in [5, 5.41) is 9.74. The highest BCUT2D eigenvalue weighted by atomic mass is 32.2. The molecule has 1 heterocycles. The summed E-state index contributed by atoms with van der Waals surface area (Å²) in [6.07, 6.45) is 3.11. The monoisotopic (exact) mass is 233 g/mol. The Morgan fingerprint density at radius 2 is 2.19 bits per heavy atom. The molecule has 0 aliphatic rings. The number of thioether (sulfide) groups is 1. The van der Waals surface area contributed by atoms with Gasteiger partial charge in [0.05, 0.1) is 0 Å². The number of benzene rings is 1. The van der Waals surface area contributed by atoms with Crippen molar-refractivity contribution < 1.29 is 9.90 Å². The van der Waals surface area contributed by atoms with Gasteiger partial charge < -0.3 is 10.1 Å². The fraction of sp³-hybridized carbons (Fsp3) is 0.0833. The molecule has 1 aromatic heterocycles. The van der Waals surface area contributed by atoms with E-state index in [9.17, 15) is 4.79 Å². The average molecular weight is 233 g/mol. The minimum absolute atomic E-state index is 0.761. The molecule has 16 heavy (non-hydrogen) atoms. The quantitative estimate of drug-likeness (QED) is 0.632. The van der Waals surface area contributed by atoms with E-state index < -0.39 is 5.97 Å². The summed E-state index contributed by atoms with van der Waals surface area (Å²) in [6.45, 7) is 1.79. The zero-order chi connectivity index (χ0) is 11.5. The Labute approximate surface area is 97.2 Å². The first-order valence-corrected chi connectivity index (χ1v) is 5.63. The molecule has 2 N–H and O–H groups in total. The first-order valence-electron chi connectivity index (χ1n) is 4.82. The summed E-state index contributed by atoms with van der Waals surface area (Å²) in [6, 6.07) is 7.95. The molecule has 0 radical (unpaired) electrons. The normalized spacial score (nSPS) is 11.9. The van der Waals surface area contributed by atoms with E-state index >= 15 is 0 Å². The summed E-state index contributed by atoms with van der Waals surface area (Å²) in [5.74, 6) is -0.912. The number of aromatic nitrogens is 1. The van der Waals surface area contributed by atoms with E-state index in [1.165, 1.54) is 17.8 Å². The smallest absolute Gasteiger partial charge is 0.329 e. The number of aromatic amines is 1. The molecule has 0 aliphatic heterocycles. The largest absolute Gasteiger partial charge is 0.478 e. The number of hydrogen-bond acceptors (Lipinski definition) is 2. The van der Waals surface area contributed by atoms with Crippen molar-refractivity contribution in [2.45, 2.75) is 11.8 Å². The van der Waals surface area contributed by atoms with Crippen LogP contribution < -0.4 is 0 Å². The fourth-order valence-electron chi connectivity index (χ4n) is 1.51. The number of para-hydroxylation sites is 1. The minimum atomic E-state index is -0.912. The third kappa shape index (κ3) is 2.28. The van der Waals surface area contributed by atoms with Crippen LogP contribution in [0.3, 0.4) is 0 Å². The van der Waals surface area contributed by atoms with E-state index in [2.05, 4.69) is 4.98 Å². The summed E-state index contributed by atoms with van der Waals surface area (Å²) < 4.78 is 0. The Bertz CT molecular complexity index is 557. The van der Waals surface area contributed by atoms with Gasteiger partial charge in [-0.15, -0.1) is 0 Å². The van der Waals surface area contributed by atoms with E-state index in [4.69, 9.17) is 5.11 Å². The summed E-state index contributed by atoms with van der Waals surface area (Å²) >= 11 is 1.46. The van der Waals surface area contributed by atoms with Crippen LogP contribution in [0.4, 0.5) is 0 Å². The topological polar surface area (TPSA) is 53.1 Å². The van der Waals surface area contributed by atoms with Crippen LogP contribution in [0.1, 0.15) is 6.92 Å². The van der Waals surface area contributed by atoms with E-state index in [0.717, 1.165) is 20.7 Å². The van der Waals surface area contributed by atoms with Crippen molar-refractivity contribution >= 4 is 28.6 Å². The van der Waals surface area contributed by atoms with Gasteiger partial charge in [0, 0.05) is 28.1 Å². The molecule has 3 nitrogen and oxygen atoms in total. The van der Waals surface area contributed by atoms with Crippen molar-refractivity contribution in [2.75, 3.05) is 0 Å². The molecule has 0 saturated carbocycles. The lowest BCUT2D eigenvalue weighted by atomic mass is 10.2. The lowest BCUT2D eigenvalue weighted by molar-refractivity contribution is -0.131. The van der Waals surface area contributed by atoms with Crippen LogP contribution in [0.5, 0.6) is 0 Å². The predicted octanol–water partition coefficient (Wildman–Crippen LogP) is 3.25. The summed E-state index contributed by atoms with van der Waals surface area (Å²) in [7, 11) is 0. The third-order valence-electron chi connectivity index (χ3n) is 2.15. The van der Waals surface area contributed by atoms with E-state index in [0.29, 0.717) is 0 Å². The molecule has 0 bridgehead atoms. The lowest BCUT2D eigenvalue weighted by Crippen LogP contribution is -1.87. The molecule has 0 spiro atoms. The number of fused-ring (bicyclic) bond motifs is 1. The molecule has 4 heteroatoms. The zero-order valence-corrected chi connectivity index (χ0v) is 9.54. The highest BCUT2D eigenvalue weighted by Crippen LogP contribution is 2.32. The molecule has 0 aliphatic carbocycles. The van der Waals surface area contributed by atoms with Gasteiger partial charge in [-0.2, -0.15) is 0 Å². The molecule has 0 fully saturated rings. The molecule has 0 amide bonds. The van der Waals surface area contributed by atoms with Gasteiger partial charge >= 0.3 is 5.97 Å². The van der Waals surface area contributed by atoms with Crippen LogP contribution in [0.2, 0.25) is 0 Å². The Balaban J connectivity index is 2.31. The maximum Gasteiger partial charge on any atom is 0.329 e. The maximum atomic E-state index is 10.5. The van der Waals surface area contributed by atoms with Crippen molar-refractivity contribution in [1.29, 1.82) is 0 Å². The number of carboxylic acids is 1. The molecule has 82 valence electrons. The number of H-pyrrole nitrogens is 1. The van der Waals surface area contributed by atoms with Gasteiger partial charge in [0.1, 0.15) is 0 Å². The molecule has 0 unspecified atom stereocenters. The molecular formula is C12H11NO2S. The third-order valence-corrected chi connectivity index (χ3v) is 3.15. The SMILES string of the molecule is CC(=CC(=O)O)Sc1c[nH]c2ccccc12. The second kappa shape index (κ2) is 4.45. The van der Waals surface area contributed by atoms with Gasteiger partial charge in [-0.1, -0.05) is 30.0 Å². The predicted molar refractivity (Wildman–Crippen MR) is 65.5 cm³/mol. The molecule has 2 aromatic rings. The maximum absolute atomic E-state index is 10.5. The first kappa shape index (κ1) is 10.8. The molecule has 1 aromatic carbocycles. The van der Waals surface area contributed by atoms with Crippen molar-refractivity contribution in [3.05, 3.63) is 41.4 Å². The van der Waals surface area contributed by atoms with Crippen molar-refractivity contribution in [1.82, 2.24) is 4.98 Å². The van der Waals surface area contributed by atoms with E-state index in [1.807, 2.05) is 30.5 Å². The molecule has 2 rings (SSSR count). The molecular weight excluding hydrogens is 222 g/mol. The van der Waals surface area contributed by atoms with Gasteiger partial charge in [0.25, 0.3) is 0 Å². The Hall–Kier alpha value is -1.68. The highest BCUT2D eigenvalue weighted by molar-refractivity contribution is 8.03. The van der Waals surface area contributed by atoms with Gasteiger partial charge in [-0.25, -0.2) is 4.79 Å². The van der Waals surface area contributed by atoms with Gasteiger partial charge in [0.15, 0.2) is 0 Å². The van der Waals surface area contributed by atoms with Crippen LogP contribution in [0.15, 0.2) is 46.3 Å². The fourth-order valence-corrected chi connectivity index (χ4v) is 2.42.